The number of piperidine rings is 1. The first-order valence-corrected chi connectivity index (χ1v) is 15.2. The van der Waals surface area contributed by atoms with E-state index in [2.05, 4.69) is 34.7 Å². The minimum absolute atomic E-state index is 0.0552. The Labute approximate surface area is 265 Å². The highest BCUT2D eigenvalue weighted by atomic mass is 35.5. The lowest BCUT2D eigenvalue weighted by atomic mass is 9.95. The number of carbonyl (C=O) groups is 3. The zero-order valence-electron chi connectivity index (χ0n) is 26.0. The molecule has 4 heterocycles. The van der Waals surface area contributed by atoms with Crippen molar-refractivity contribution in [3.63, 3.8) is 0 Å². The summed E-state index contributed by atoms with van der Waals surface area (Å²) in [5, 5.41) is 6.03. The molecule has 2 saturated heterocycles. The summed E-state index contributed by atoms with van der Waals surface area (Å²) in [5.74, 6) is -2.75. The van der Waals surface area contributed by atoms with E-state index in [-0.39, 0.29) is 57.3 Å². The molecular weight excluding hydrogens is 606 g/mol. The minimum Gasteiger partial charge on any atom is -0.360 e. The second-order valence-corrected chi connectivity index (χ2v) is 13.0. The molecule has 1 aromatic carbocycles. The summed E-state index contributed by atoms with van der Waals surface area (Å²) >= 11 is 6.48. The van der Waals surface area contributed by atoms with Gasteiger partial charge in [-0.15, -0.1) is 0 Å². The van der Waals surface area contributed by atoms with Crippen molar-refractivity contribution in [3.8, 4) is 11.3 Å². The van der Waals surface area contributed by atoms with Crippen molar-refractivity contribution in [1.29, 1.82) is 0 Å². The van der Waals surface area contributed by atoms with Gasteiger partial charge in [-0.25, -0.2) is 9.37 Å². The number of nitrogens with one attached hydrogen (secondary N) is 2. The summed E-state index contributed by atoms with van der Waals surface area (Å²) in [7, 11) is 8.93. The zero-order valence-corrected chi connectivity index (χ0v) is 26.8. The van der Waals surface area contributed by atoms with Crippen molar-refractivity contribution in [3.05, 3.63) is 58.6 Å². The molecule has 0 radical (unpaired) electrons. The van der Waals surface area contributed by atoms with E-state index in [4.69, 9.17) is 11.6 Å². The Morgan fingerprint density at radius 3 is 2.42 bits per heavy atom. The van der Waals surface area contributed by atoms with E-state index < -0.39 is 17.7 Å². The number of carbonyl (C=O) groups excluding carboxylic acids is 3. The van der Waals surface area contributed by atoms with Crippen LogP contribution in [0.3, 0.4) is 0 Å². The topological polar surface area (TPSA) is 112 Å². The van der Waals surface area contributed by atoms with Crippen molar-refractivity contribution in [1.82, 2.24) is 24.8 Å². The molecule has 1 unspecified atom stereocenters. The quantitative estimate of drug-likeness (QED) is 0.301. The number of rotatable bonds is 7. The number of nitrogens with zero attached hydrogens (tertiary/aromatic N) is 6. The maximum absolute atomic E-state index is 14.7. The average Bonchev–Trinajstić information content (AvgIpc) is 3.54. The Morgan fingerprint density at radius 2 is 1.80 bits per heavy atom. The maximum atomic E-state index is 14.7. The fraction of sp³-hybridized carbons (Fsp3) is 0.452. The third-order valence-electron chi connectivity index (χ3n) is 8.56. The van der Waals surface area contributed by atoms with Crippen LogP contribution in [0.15, 0.2) is 30.5 Å². The molecule has 2 aliphatic heterocycles. The number of hydrogen-bond donors (Lipinski definition) is 2. The average molecular weight is 644 g/mol. The highest BCUT2D eigenvalue weighted by Gasteiger charge is 2.35. The van der Waals surface area contributed by atoms with Crippen LogP contribution in [0.5, 0.6) is 0 Å². The first kappa shape index (κ1) is 32.3. The Kier molecular flexibility index (Phi) is 9.13. The smallest absolute Gasteiger partial charge is 0.291 e. The third kappa shape index (κ3) is 6.94. The van der Waals surface area contributed by atoms with Crippen LogP contribution in [0.1, 0.15) is 40.2 Å². The molecule has 2 N–H and O–H groups in total. The molecule has 2 aliphatic rings. The predicted molar refractivity (Wildman–Crippen MR) is 167 cm³/mol. The molecule has 0 saturated carbocycles. The molecule has 2 fully saturated rings. The number of likely N-dealkylation sites (tertiary alicyclic amines) is 2. The fourth-order valence-corrected chi connectivity index (χ4v) is 6.27. The van der Waals surface area contributed by atoms with Crippen molar-refractivity contribution in [2.24, 2.45) is 13.0 Å². The molecule has 14 heteroatoms. The van der Waals surface area contributed by atoms with Gasteiger partial charge >= 0.3 is 0 Å². The van der Waals surface area contributed by atoms with Crippen LogP contribution in [0.25, 0.3) is 11.3 Å². The zero-order chi connectivity index (χ0) is 32.6. The standard InChI is InChI=1S/C31H37ClF2N8O3/c1-39(2)27-24(33)15-22(26(34)38-27)25-16-35-28(40(25)3)30(44)36-19-6-7-21(23(32)14-19)31(45)41-11-8-18(9-12-41)29(43)37-20-10-13-42(4,5)17-20/h6-7,14-16,18,20H,8-13,17H2,1-5H3,(H-,36,37,43,44,45)/p+1. The molecule has 240 valence electrons. The normalized spacial score (nSPS) is 18.1. The number of amides is 3. The Hall–Kier alpha value is -4.10. The van der Waals surface area contributed by atoms with Gasteiger partial charge in [-0.05, 0) is 37.1 Å². The molecule has 0 spiro atoms. The van der Waals surface area contributed by atoms with Gasteiger partial charge in [-0.3, -0.25) is 14.4 Å². The van der Waals surface area contributed by atoms with Gasteiger partial charge in [0.05, 0.1) is 61.3 Å². The van der Waals surface area contributed by atoms with E-state index in [1.807, 2.05) is 0 Å². The summed E-state index contributed by atoms with van der Waals surface area (Å²) < 4.78 is 31.5. The van der Waals surface area contributed by atoms with Gasteiger partial charge in [0.1, 0.15) is 0 Å². The van der Waals surface area contributed by atoms with Crippen LogP contribution >= 0.6 is 11.6 Å². The van der Waals surface area contributed by atoms with Gasteiger partial charge in [0.15, 0.2) is 17.5 Å². The van der Waals surface area contributed by atoms with Gasteiger partial charge in [0, 0.05) is 52.3 Å². The summed E-state index contributed by atoms with van der Waals surface area (Å²) in [5.41, 5.74) is 0.634. The minimum atomic E-state index is -0.901. The molecule has 3 amide bonds. The van der Waals surface area contributed by atoms with Crippen molar-refractivity contribution < 1.29 is 27.6 Å². The van der Waals surface area contributed by atoms with E-state index in [9.17, 15) is 23.2 Å². The second-order valence-electron chi connectivity index (χ2n) is 12.6. The third-order valence-corrected chi connectivity index (χ3v) is 8.87. The highest BCUT2D eigenvalue weighted by Crippen LogP contribution is 2.29. The molecule has 0 aliphatic carbocycles. The van der Waals surface area contributed by atoms with Crippen LogP contribution in [-0.2, 0) is 11.8 Å². The van der Waals surface area contributed by atoms with Crippen LogP contribution in [0.2, 0.25) is 5.02 Å². The van der Waals surface area contributed by atoms with Crippen LogP contribution < -0.4 is 15.5 Å². The van der Waals surface area contributed by atoms with Gasteiger partial charge in [-0.1, -0.05) is 11.6 Å². The lowest BCUT2D eigenvalue weighted by Crippen LogP contribution is -2.47. The lowest BCUT2D eigenvalue weighted by Gasteiger charge is -2.32. The van der Waals surface area contributed by atoms with Gasteiger partial charge in [0.2, 0.25) is 11.9 Å². The maximum Gasteiger partial charge on any atom is 0.291 e. The Balaban J connectivity index is 1.19. The SMILES string of the molecule is CN(C)c1nc(F)c(-c2cnc(C(=O)Nc3ccc(C(=O)N4CCC(C(=O)NC5CC[N+](C)(C)C5)CC4)c(Cl)c3)n2C)cc1F. The summed E-state index contributed by atoms with van der Waals surface area (Å²) in [4.78, 5) is 50.0. The Morgan fingerprint density at radius 1 is 1.09 bits per heavy atom. The number of aromatic nitrogens is 3. The molecule has 45 heavy (non-hydrogen) atoms. The van der Waals surface area contributed by atoms with Crippen molar-refractivity contribution >= 4 is 40.8 Å². The first-order chi connectivity index (χ1) is 21.2. The number of halogens is 3. The number of anilines is 2. The first-order valence-electron chi connectivity index (χ1n) is 14.8. The molecule has 0 bridgehead atoms. The molecule has 3 aromatic rings. The Bertz CT molecular complexity index is 1630. The number of likely N-dealkylation sites (N-methyl/N-ethyl adjacent to an activating group) is 1. The second kappa shape index (κ2) is 12.7. The van der Waals surface area contributed by atoms with Crippen LogP contribution in [0, 0.1) is 17.7 Å². The highest BCUT2D eigenvalue weighted by molar-refractivity contribution is 6.34. The van der Waals surface area contributed by atoms with Crippen LogP contribution in [0.4, 0.5) is 20.3 Å². The molecule has 5 rings (SSSR count). The van der Waals surface area contributed by atoms with E-state index in [0.717, 1.165) is 30.1 Å². The predicted octanol–water partition coefficient (Wildman–Crippen LogP) is 3.55. The van der Waals surface area contributed by atoms with E-state index >= 15 is 0 Å². The molecule has 1 atom stereocenters. The van der Waals surface area contributed by atoms with Gasteiger partial charge < -0.3 is 29.5 Å². The fourth-order valence-electron chi connectivity index (χ4n) is 6.01. The molecule has 2 aromatic heterocycles. The van der Waals surface area contributed by atoms with E-state index in [1.54, 1.807) is 31.1 Å². The number of hydrogen-bond acceptors (Lipinski definition) is 6. The summed E-state index contributed by atoms with van der Waals surface area (Å²) in [6.07, 6.45) is 3.39. The molecular formula is C31H38ClF2N8O3+. The van der Waals surface area contributed by atoms with Crippen LogP contribution in [-0.4, -0.2) is 102 Å². The molecule has 11 nitrogen and oxygen atoms in total. The van der Waals surface area contributed by atoms with E-state index in [0.29, 0.717) is 31.6 Å². The van der Waals surface area contributed by atoms with E-state index in [1.165, 1.54) is 28.8 Å². The van der Waals surface area contributed by atoms with Gasteiger partial charge in [0.25, 0.3) is 11.8 Å². The van der Waals surface area contributed by atoms with Crippen molar-refractivity contribution in [2.45, 2.75) is 25.3 Å². The summed E-state index contributed by atoms with van der Waals surface area (Å²) in [6, 6.07) is 5.77. The summed E-state index contributed by atoms with van der Waals surface area (Å²) in [6.45, 7) is 2.85. The van der Waals surface area contributed by atoms with Gasteiger partial charge in [-0.2, -0.15) is 9.37 Å². The lowest BCUT2D eigenvalue weighted by molar-refractivity contribution is -0.878. The number of imidazole rings is 1. The van der Waals surface area contributed by atoms with Crippen molar-refractivity contribution in [2.75, 3.05) is 64.6 Å². The monoisotopic (exact) mass is 643 g/mol. The largest absolute Gasteiger partial charge is 0.360 e. The number of pyridine rings is 1. The number of quaternary nitrogens is 1. The number of benzene rings is 1.